The van der Waals surface area contributed by atoms with Crippen LogP contribution in [0.3, 0.4) is 0 Å². The highest BCUT2D eigenvalue weighted by molar-refractivity contribution is 6.30. The molecule has 0 spiro atoms. The first-order valence-corrected chi connectivity index (χ1v) is 7.43. The predicted molar refractivity (Wildman–Crippen MR) is 81.2 cm³/mol. The van der Waals surface area contributed by atoms with Gasteiger partial charge in [-0.05, 0) is 23.8 Å². The summed E-state index contributed by atoms with van der Waals surface area (Å²) in [6, 6.07) is 9.97. The van der Waals surface area contributed by atoms with Gasteiger partial charge in [-0.25, -0.2) is 19.0 Å². The molecule has 0 N–H and O–H groups in total. The smallest absolute Gasteiger partial charge is 0.144 e. The molecule has 23 heavy (non-hydrogen) atoms. The SMILES string of the molecule is Fc1ccc(C2(Cn3cncn3)OC2c2cccnc2Cl)cc1. The van der Waals surface area contributed by atoms with E-state index in [4.69, 9.17) is 16.3 Å². The average Bonchev–Trinajstić information content (AvgIpc) is 3.02. The van der Waals surface area contributed by atoms with Crippen LogP contribution in [0.25, 0.3) is 0 Å². The van der Waals surface area contributed by atoms with Gasteiger partial charge in [0.1, 0.15) is 35.3 Å². The molecule has 1 aromatic carbocycles. The summed E-state index contributed by atoms with van der Waals surface area (Å²) >= 11 is 6.20. The minimum atomic E-state index is -0.659. The van der Waals surface area contributed by atoms with E-state index in [1.165, 1.54) is 18.5 Å². The first kappa shape index (κ1) is 14.3. The first-order chi connectivity index (χ1) is 11.2. The Balaban J connectivity index is 1.74. The maximum Gasteiger partial charge on any atom is 0.144 e. The number of nitrogens with zero attached hydrogens (tertiary/aromatic N) is 4. The van der Waals surface area contributed by atoms with Crippen molar-refractivity contribution >= 4 is 11.6 Å². The van der Waals surface area contributed by atoms with E-state index in [9.17, 15) is 4.39 Å². The van der Waals surface area contributed by atoms with Crippen LogP contribution in [0, 0.1) is 5.82 Å². The van der Waals surface area contributed by atoms with E-state index < -0.39 is 5.60 Å². The van der Waals surface area contributed by atoms with Gasteiger partial charge in [0.15, 0.2) is 0 Å². The van der Waals surface area contributed by atoms with Gasteiger partial charge in [-0.2, -0.15) is 5.10 Å². The zero-order chi connectivity index (χ0) is 15.9. The number of halogens is 2. The number of epoxide rings is 1. The number of rotatable bonds is 4. The number of hydrogen-bond acceptors (Lipinski definition) is 4. The molecule has 4 rings (SSSR count). The first-order valence-electron chi connectivity index (χ1n) is 7.06. The van der Waals surface area contributed by atoms with Crippen LogP contribution in [0.4, 0.5) is 4.39 Å². The van der Waals surface area contributed by atoms with Gasteiger partial charge >= 0.3 is 0 Å². The van der Waals surface area contributed by atoms with Crippen LogP contribution in [-0.2, 0) is 16.9 Å². The van der Waals surface area contributed by atoms with Crippen LogP contribution in [0.5, 0.6) is 0 Å². The number of benzene rings is 1. The molecule has 2 atom stereocenters. The molecule has 2 aromatic heterocycles. The fraction of sp³-hybridized carbons (Fsp3) is 0.188. The second kappa shape index (κ2) is 5.40. The van der Waals surface area contributed by atoms with Gasteiger partial charge in [0.2, 0.25) is 0 Å². The van der Waals surface area contributed by atoms with E-state index >= 15 is 0 Å². The minimum absolute atomic E-state index is 0.265. The van der Waals surface area contributed by atoms with Gasteiger partial charge in [-0.15, -0.1) is 0 Å². The molecule has 1 aliphatic rings. The van der Waals surface area contributed by atoms with Crippen molar-refractivity contribution in [3.05, 3.63) is 77.3 Å². The second-order valence-electron chi connectivity index (χ2n) is 5.37. The van der Waals surface area contributed by atoms with E-state index in [1.807, 2.05) is 12.1 Å². The Labute approximate surface area is 136 Å². The van der Waals surface area contributed by atoms with Crippen molar-refractivity contribution in [2.24, 2.45) is 0 Å². The molecular weight excluding hydrogens is 319 g/mol. The van der Waals surface area contributed by atoms with Crippen molar-refractivity contribution in [3.63, 3.8) is 0 Å². The Morgan fingerprint density at radius 1 is 1.26 bits per heavy atom. The second-order valence-corrected chi connectivity index (χ2v) is 5.73. The van der Waals surface area contributed by atoms with Crippen LogP contribution >= 0.6 is 11.6 Å². The molecule has 116 valence electrons. The van der Waals surface area contributed by atoms with Crippen molar-refractivity contribution in [3.8, 4) is 0 Å². The number of pyridine rings is 1. The topological polar surface area (TPSA) is 56.1 Å². The van der Waals surface area contributed by atoms with E-state index in [0.29, 0.717) is 11.7 Å². The van der Waals surface area contributed by atoms with Crippen molar-refractivity contribution in [2.45, 2.75) is 18.2 Å². The summed E-state index contributed by atoms with van der Waals surface area (Å²) in [6.07, 6.45) is 4.45. The quantitative estimate of drug-likeness (QED) is 0.545. The summed E-state index contributed by atoms with van der Waals surface area (Å²) in [5, 5.41) is 4.54. The monoisotopic (exact) mass is 330 g/mol. The van der Waals surface area contributed by atoms with Crippen LogP contribution in [0.15, 0.2) is 55.2 Å². The highest BCUT2D eigenvalue weighted by Gasteiger charge is 2.59. The lowest BCUT2D eigenvalue weighted by molar-refractivity contribution is 0.262. The molecule has 5 nitrogen and oxygen atoms in total. The zero-order valence-corrected chi connectivity index (χ0v) is 12.7. The molecule has 3 aromatic rings. The van der Waals surface area contributed by atoms with Crippen molar-refractivity contribution in [2.75, 3.05) is 0 Å². The third kappa shape index (κ3) is 2.50. The molecule has 3 heterocycles. The Morgan fingerprint density at radius 3 is 2.78 bits per heavy atom. The normalized spacial score (nSPS) is 23.0. The van der Waals surface area contributed by atoms with Crippen molar-refractivity contribution < 1.29 is 9.13 Å². The molecule has 0 aliphatic carbocycles. The summed E-state index contributed by atoms with van der Waals surface area (Å²) < 4.78 is 21.0. The summed E-state index contributed by atoms with van der Waals surface area (Å²) in [5.41, 5.74) is 1.01. The predicted octanol–water partition coefficient (Wildman–Crippen LogP) is 3.13. The number of hydrogen-bond donors (Lipinski definition) is 0. The number of ether oxygens (including phenoxy) is 1. The molecule has 1 aliphatic heterocycles. The number of aromatic nitrogens is 4. The zero-order valence-electron chi connectivity index (χ0n) is 11.9. The van der Waals surface area contributed by atoms with Gasteiger partial charge in [-0.3, -0.25) is 0 Å². The van der Waals surface area contributed by atoms with E-state index in [1.54, 1.807) is 29.3 Å². The van der Waals surface area contributed by atoms with Gasteiger partial charge in [0, 0.05) is 11.8 Å². The fourth-order valence-electron chi connectivity index (χ4n) is 2.80. The lowest BCUT2D eigenvalue weighted by Gasteiger charge is -2.14. The summed E-state index contributed by atoms with van der Waals surface area (Å²) in [7, 11) is 0. The van der Waals surface area contributed by atoms with Gasteiger partial charge in [-0.1, -0.05) is 29.8 Å². The summed E-state index contributed by atoms with van der Waals surface area (Å²) in [5.74, 6) is -0.290. The van der Waals surface area contributed by atoms with E-state index in [0.717, 1.165) is 11.1 Å². The minimum Gasteiger partial charge on any atom is -0.354 e. The van der Waals surface area contributed by atoms with Gasteiger partial charge in [0.25, 0.3) is 0 Å². The lowest BCUT2D eigenvalue weighted by atomic mass is 9.92. The molecule has 0 amide bonds. The maximum absolute atomic E-state index is 13.3. The fourth-order valence-corrected chi connectivity index (χ4v) is 3.02. The van der Waals surface area contributed by atoms with Crippen LogP contribution < -0.4 is 0 Å². The summed E-state index contributed by atoms with van der Waals surface area (Å²) in [4.78, 5) is 8.06. The largest absolute Gasteiger partial charge is 0.354 e. The maximum atomic E-state index is 13.3. The third-order valence-electron chi connectivity index (χ3n) is 3.96. The van der Waals surface area contributed by atoms with E-state index in [2.05, 4.69) is 15.1 Å². The molecule has 0 saturated carbocycles. The molecule has 0 bridgehead atoms. The Hall–Kier alpha value is -2.31. The van der Waals surface area contributed by atoms with Crippen LogP contribution in [0.1, 0.15) is 17.2 Å². The van der Waals surface area contributed by atoms with Gasteiger partial charge < -0.3 is 4.74 Å². The van der Waals surface area contributed by atoms with Crippen molar-refractivity contribution in [1.82, 2.24) is 19.7 Å². The Bertz CT molecular complexity index is 824. The molecule has 1 fully saturated rings. The summed E-state index contributed by atoms with van der Waals surface area (Å²) in [6.45, 7) is 0.453. The van der Waals surface area contributed by atoms with Crippen molar-refractivity contribution in [1.29, 1.82) is 0 Å². The van der Waals surface area contributed by atoms with Crippen LogP contribution in [-0.4, -0.2) is 19.7 Å². The molecule has 2 unspecified atom stereocenters. The molecular formula is C16H12ClFN4O. The third-order valence-corrected chi connectivity index (χ3v) is 4.28. The standard InChI is InChI=1S/C16H12ClFN4O/c17-15-13(2-1-7-20-15)14-16(23-14,8-22-10-19-9-21-22)11-3-5-12(18)6-4-11/h1-7,9-10,14H,8H2. The Kier molecular flexibility index (Phi) is 3.36. The van der Waals surface area contributed by atoms with Gasteiger partial charge in [0.05, 0.1) is 6.54 Å². The van der Waals surface area contributed by atoms with E-state index in [-0.39, 0.29) is 11.9 Å². The highest BCUT2D eigenvalue weighted by atomic mass is 35.5. The molecule has 7 heteroatoms. The van der Waals surface area contributed by atoms with Crippen LogP contribution in [0.2, 0.25) is 5.15 Å². The lowest BCUT2D eigenvalue weighted by Crippen LogP contribution is -2.19. The Morgan fingerprint density at radius 2 is 2.09 bits per heavy atom. The molecule has 0 radical (unpaired) electrons. The average molecular weight is 331 g/mol. The molecule has 1 saturated heterocycles. The highest BCUT2D eigenvalue weighted by Crippen LogP contribution is 2.58.